The van der Waals surface area contributed by atoms with Crippen LogP contribution in [0.25, 0.3) is 0 Å². The Hall–Kier alpha value is -2.48. The van der Waals surface area contributed by atoms with Crippen molar-refractivity contribution in [3.05, 3.63) is 23.7 Å². The van der Waals surface area contributed by atoms with Crippen LogP contribution in [0.5, 0.6) is 17.2 Å². The van der Waals surface area contributed by atoms with Crippen molar-refractivity contribution in [1.29, 1.82) is 0 Å². The van der Waals surface area contributed by atoms with Crippen LogP contribution < -0.4 is 19.5 Å². The van der Waals surface area contributed by atoms with Gasteiger partial charge in [0.1, 0.15) is 17.3 Å². The van der Waals surface area contributed by atoms with E-state index >= 15 is 0 Å². The highest BCUT2D eigenvalue weighted by Crippen LogP contribution is 2.41. The van der Waals surface area contributed by atoms with Gasteiger partial charge in [0.2, 0.25) is 5.75 Å². The number of benzene rings is 1. The van der Waals surface area contributed by atoms with E-state index in [9.17, 15) is 4.79 Å². The molecule has 28 heavy (non-hydrogen) atoms. The van der Waals surface area contributed by atoms with Gasteiger partial charge in [0.25, 0.3) is 0 Å². The summed E-state index contributed by atoms with van der Waals surface area (Å²) < 4.78 is 16.1. The van der Waals surface area contributed by atoms with Crippen molar-refractivity contribution in [3.63, 3.8) is 0 Å². The molecule has 0 radical (unpaired) electrons. The van der Waals surface area contributed by atoms with Gasteiger partial charge in [-0.3, -0.25) is 4.79 Å². The number of nitrogens with zero attached hydrogens (tertiary/aromatic N) is 2. The topological polar surface area (TPSA) is 82.6 Å². The van der Waals surface area contributed by atoms with Crippen molar-refractivity contribution in [2.45, 2.75) is 43.9 Å². The van der Waals surface area contributed by atoms with Gasteiger partial charge in [-0.2, -0.15) is 0 Å². The van der Waals surface area contributed by atoms with Crippen LogP contribution in [-0.4, -0.2) is 37.6 Å². The lowest BCUT2D eigenvalue weighted by atomic mass is 10.1. The molecule has 0 saturated carbocycles. The number of hydrogen-bond donors (Lipinski definition) is 2. The highest BCUT2D eigenvalue weighted by molar-refractivity contribution is 7.80. The average molecular weight is 406 g/mol. The van der Waals surface area contributed by atoms with Crippen molar-refractivity contribution in [3.8, 4) is 17.2 Å². The fraction of sp³-hybridized carbons (Fsp3) is 0.450. The molecule has 0 aliphatic heterocycles. The summed E-state index contributed by atoms with van der Waals surface area (Å²) in [5.41, 5.74) is 0.927. The van der Waals surface area contributed by atoms with Crippen molar-refractivity contribution < 1.29 is 19.0 Å². The number of nitrogens with one attached hydrogen (secondary N) is 1. The summed E-state index contributed by atoms with van der Waals surface area (Å²) in [5.74, 6) is 2.59. The third-order valence-electron chi connectivity index (χ3n) is 4.25. The van der Waals surface area contributed by atoms with E-state index in [2.05, 4.69) is 34.8 Å². The maximum Gasteiger partial charge on any atom is 0.203 e. The SMILES string of the molecule is CCCCCCc1nc(C=O)c(S)c(Nc2cc(OC)c(OC)c(OC)c2)n1. The van der Waals surface area contributed by atoms with Crippen LogP contribution in [0.1, 0.15) is 48.9 Å². The summed E-state index contributed by atoms with van der Waals surface area (Å²) in [6.07, 6.45) is 5.81. The number of unbranched alkanes of at least 4 members (excludes halogenated alkanes) is 3. The Labute approximate surface area is 171 Å². The van der Waals surface area contributed by atoms with Crippen LogP contribution in [0, 0.1) is 0 Å². The number of ether oxygens (including phenoxy) is 3. The maximum absolute atomic E-state index is 11.4. The second kappa shape index (κ2) is 10.8. The molecule has 2 aromatic rings. The Bertz CT molecular complexity index is 789. The Kier molecular flexibility index (Phi) is 8.38. The molecule has 1 heterocycles. The number of rotatable bonds is 11. The minimum Gasteiger partial charge on any atom is -0.493 e. The van der Waals surface area contributed by atoms with Crippen LogP contribution in [0.2, 0.25) is 0 Å². The standard InChI is InChI=1S/C20H27N3O4S/c1-5-6-7-8-9-17-22-14(12-24)19(28)20(23-17)21-13-10-15(25-2)18(27-4)16(11-13)26-3/h10-12,28H,5-9H2,1-4H3,(H,21,22,23). The monoisotopic (exact) mass is 405 g/mol. The van der Waals surface area contributed by atoms with E-state index < -0.39 is 0 Å². The van der Waals surface area contributed by atoms with Gasteiger partial charge in [-0.15, -0.1) is 12.6 Å². The molecule has 0 amide bonds. The Morgan fingerprint density at radius 2 is 1.71 bits per heavy atom. The zero-order valence-corrected chi connectivity index (χ0v) is 17.6. The number of aldehydes is 1. The van der Waals surface area contributed by atoms with Crippen molar-refractivity contribution in [2.24, 2.45) is 0 Å². The molecule has 0 aliphatic carbocycles. The first-order valence-corrected chi connectivity index (χ1v) is 9.64. The van der Waals surface area contributed by atoms with Crippen LogP contribution >= 0.6 is 12.6 Å². The van der Waals surface area contributed by atoms with Crippen molar-refractivity contribution >= 4 is 30.4 Å². The predicted octanol–water partition coefficient (Wildman–Crippen LogP) is 4.47. The predicted molar refractivity (Wildman–Crippen MR) is 112 cm³/mol. The lowest BCUT2D eigenvalue weighted by Gasteiger charge is -2.16. The fourth-order valence-corrected chi connectivity index (χ4v) is 3.01. The number of anilines is 2. The quantitative estimate of drug-likeness (QED) is 0.324. The first-order valence-electron chi connectivity index (χ1n) is 9.19. The van der Waals surface area contributed by atoms with Crippen molar-refractivity contribution in [2.75, 3.05) is 26.6 Å². The molecule has 2 rings (SSSR count). The number of carbonyl (C=O) groups excluding carboxylic acids is 1. The van der Waals surface area contributed by atoms with Gasteiger partial charge in [0.15, 0.2) is 17.8 Å². The molecule has 0 fully saturated rings. The molecule has 0 bridgehead atoms. The van der Waals surface area contributed by atoms with E-state index in [4.69, 9.17) is 14.2 Å². The summed E-state index contributed by atoms with van der Waals surface area (Å²) >= 11 is 4.42. The van der Waals surface area contributed by atoms with E-state index in [0.717, 1.165) is 19.3 Å². The van der Waals surface area contributed by atoms with E-state index in [1.807, 2.05) is 0 Å². The smallest absolute Gasteiger partial charge is 0.203 e. The molecule has 0 spiro atoms. The molecule has 152 valence electrons. The number of carbonyl (C=O) groups is 1. The fourth-order valence-electron chi connectivity index (χ4n) is 2.80. The molecular weight excluding hydrogens is 378 g/mol. The molecule has 0 aliphatic rings. The van der Waals surface area contributed by atoms with Gasteiger partial charge in [0, 0.05) is 24.2 Å². The number of hydrogen-bond acceptors (Lipinski definition) is 8. The van der Waals surface area contributed by atoms with Crippen molar-refractivity contribution in [1.82, 2.24) is 9.97 Å². The zero-order chi connectivity index (χ0) is 20.5. The highest BCUT2D eigenvalue weighted by atomic mass is 32.1. The van der Waals surface area contributed by atoms with Crippen LogP contribution in [0.15, 0.2) is 17.0 Å². The molecule has 0 atom stereocenters. The lowest BCUT2D eigenvalue weighted by Crippen LogP contribution is -2.06. The van der Waals surface area contributed by atoms with E-state index in [1.165, 1.54) is 6.42 Å². The second-order valence-electron chi connectivity index (χ2n) is 6.19. The zero-order valence-electron chi connectivity index (χ0n) is 16.7. The number of aromatic nitrogens is 2. The van der Waals surface area contributed by atoms with Gasteiger partial charge in [0.05, 0.1) is 26.2 Å². The Balaban J connectivity index is 2.35. The molecule has 1 N–H and O–H groups in total. The van der Waals surface area contributed by atoms with Gasteiger partial charge in [-0.05, 0) is 6.42 Å². The summed E-state index contributed by atoms with van der Waals surface area (Å²) in [6.45, 7) is 2.16. The molecular formula is C20H27N3O4S. The summed E-state index contributed by atoms with van der Waals surface area (Å²) in [7, 11) is 4.65. The third kappa shape index (κ3) is 5.28. The molecule has 1 aromatic heterocycles. The molecule has 0 saturated heterocycles. The second-order valence-corrected chi connectivity index (χ2v) is 6.64. The number of methoxy groups -OCH3 is 3. The molecule has 0 unspecified atom stereocenters. The van der Waals surface area contributed by atoms with Crippen LogP contribution in [-0.2, 0) is 6.42 Å². The molecule has 8 heteroatoms. The normalized spacial score (nSPS) is 10.5. The molecule has 7 nitrogen and oxygen atoms in total. The average Bonchev–Trinajstić information content (AvgIpc) is 2.72. The Morgan fingerprint density at radius 3 is 2.25 bits per heavy atom. The first-order chi connectivity index (χ1) is 13.6. The Morgan fingerprint density at radius 1 is 1.04 bits per heavy atom. The number of aryl methyl sites for hydroxylation is 1. The minimum atomic E-state index is 0.263. The summed E-state index contributed by atoms with van der Waals surface area (Å²) in [4.78, 5) is 20.7. The first kappa shape index (κ1) is 21.8. The third-order valence-corrected chi connectivity index (χ3v) is 4.69. The summed E-state index contributed by atoms with van der Waals surface area (Å²) in [5, 5.41) is 3.19. The van der Waals surface area contributed by atoms with Crippen LogP contribution in [0.4, 0.5) is 11.5 Å². The molecule has 1 aromatic carbocycles. The van der Waals surface area contributed by atoms with Crippen LogP contribution in [0.3, 0.4) is 0 Å². The van der Waals surface area contributed by atoms with E-state index in [-0.39, 0.29) is 5.69 Å². The maximum atomic E-state index is 11.4. The minimum absolute atomic E-state index is 0.263. The van der Waals surface area contributed by atoms with Gasteiger partial charge < -0.3 is 19.5 Å². The van der Waals surface area contributed by atoms with E-state index in [1.54, 1.807) is 33.5 Å². The lowest BCUT2D eigenvalue weighted by molar-refractivity contribution is 0.111. The van der Waals surface area contributed by atoms with Gasteiger partial charge in [-0.1, -0.05) is 26.2 Å². The number of thiol groups is 1. The van der Waals surface area contributed by atoms with Gasteiger partial charge in [-0.25, -0.2) is 9.97 Å². The highest BCUT2D eigenvalue weighted by Gasteiger charge is 2.16. The summed E-state index contributed by atoms with van der Waals surface area (Å²) in [6, 6.07) is 3.52. The largest absolute Gasteiger partial charge is 0.493 e. The van der Waals surface area contributed by atoms with Gasteiger partial charge >= 0.3 is 0 Å². The van der Waals surface area contributed by atoms with E-state index in [0.29, 0.717) is 52.2 Å².